The van der Waals surface area contributed by atoms with Gasteiger partial charge in [-0.3, -0.25) is 4.79 Å². The molecule has 2 aromatic carbocycles. The minimum atomic E-state index is -4.87. The molecule has 0 N–H and O–H groups in total. The molecular formula is C24H16Cl2F3N7O3. The lowest BCUT2D eigenvalue weighted by atomic mass is 9.86. The second-order valence-electron chi connectivity index (χ2n) is 8.33. The van der Waals surface area contributed by atoms with Gasteiger partial charge in [-0.2, -0.15) is 33.6 Å². The zero-order valence-electron chi connectivity index (χ0n) is 20.1. The Bertz CT molecular complexity index is 1560. The summed E-state index contributed by atoms with van der Waals surface area (Å²) < 4.78 is 48.6. The number of oxime groups is 1. The molecule has 0 aliphatic carbocycles. The number of aromatic nitrogens is 3. The number of rotatable bonds is 6. The molecule has 3 aromatic rings. The molecule has 0 saturated heterocycles. The minimum Gasteiger partial charge on any atom is -0.377 e. The average Bonchev–Trinajstić information content (AvgIpc) is 3.49. The fraction of sp³-hybridized carbons (Fsp3) is 0.250. The molecule has 1 unspecified atom stereocenters. The summed E-state index contributed by atoms with van der Waals surface area (Å²) in [6.07, 6.45) is -2.13. The molecule has 39 heavy (non-hydrogen) atoms. The van der Waals surface area contributed by atoms with Crippen LogP contribution in [0, 0.1) is 29.8 Å². The standard InChI is InChI=1S/C24H16Cl2F3N7O3/c1-13-5-14(19-9-23(39-34-19,24(27,28)29)15-6-16(25)8-17(26)7-15)3-4-18(13)21(37)35(11-30)22-32-20(10-38-2)36(12-31)33-22/h3-8H,9-10H2,1-2H3. The van der Waals surface area contributed by atoms with Crippen molar-refractivity contribution in [2.24, 2.45) is 5.16 Å². The van der Waals surface area contributed by atoms with Crippen molar-refractivity contribution in [3.05, 3.63) is 74.5 Å². The monoisotopic (exact) mass is 577 g/mol. The average molecular weight is 578 g/mol. The van der Waals surface area contributed by atoms with Gasteiger partial charge in [-0.25, -0.2) is 0 Å². The number of carbonyl (C=O) groups is 1. The molecule has 0 bridgehead atoms. The first-order valence-electron chi connectivity index (χ1n) is 10.9. The van der Waals surface area contributed by atoms with E-state index in [9.17, 15) is 28.5 Å². The molecule has 0 radical (unpaired) electrons. The van der Waals surface area contributed by atoms with Crippen molar-refractivity contribution in [1.29, 1.82) is 10.5 Å². The Morgan fingerprint density at radius 3 is 2.49 bits per heavy atom. The van der Waals surface area contributed by atoms with Gasteiger partial charge < -0.3 is 9.57 Å². The summed E-state index contributed by atoms with van der Waals surface area (Å²) in [6.45, 7) is 1.45. The zero-order chi connectivity index (χ0) is 28.5. The second-order valence-corrected chi connectivity index (χ2v) is 9.20. The number of ether oxygens (including phenoxy) is 1. The Kier molecular flexibility index (Phi) is 7.52. The predicted octanol–water partition coefficient (Wildman–Crippen LogP) is 5.08. The summed E-state index contributed by atoms with van der Waals surface area (Å²) in [7, 11) is 1.37. The van der Waals surface area contributed by atoms with Gasteiger partial charge in [0.25, 0.3) is 17.5 Å². The SMILES string of the molecule is COCc1nc(N(C#N)C(=O)c2ccc(C3=NOC(c4cc(Cl)cc(Cl)c4)(C(F)(F)F)C3)cc2C)nn1C#N. The molecule has 0 saturated carbocycles. The molecule has 1 aliphatic heterocycles. The van der Waals surface area contributed by atoms with E-state index in [-0.39, 0.29) is 50.8 Å². The number of amides is 1. The molecule has 4 rings (SSSR count). The molecule has 1 atom stereocenters. The summed E-state index contributed by atoms with van der Waals surface area (Å²) in [5.74, 6) is -1.09. The fourth-order valence-electron chi connectivity index (χ4n) is 3.96. The maximum Gasteiger partial charge on any atom is 0.435 e. The van der Waals surface area contributed by atoms with E-state index in [4.69, 9.17) is 32.8 Å². The van der Waals surface area contributed by atoms with Gasteiger partial charge in [-0.15, -0.1) is 9.78 Å². The Balaban J connectivity index is 1.64. The maximum atomic E-state index is 14.3. The summed E-state index contributed by atoms with van der Waals surface area (Å²) >= 11 is 11.9. The maximum absolute atomic E-state index is 14.3. The van der Waals surface area contributed by atoms with Gasteiger partial charge in [-0.05, 0) is 48.4 Å². The smallest absolute Gasteiger partial charge is 0.377 e. The van der Waals surface area contributed by atoms with Crippen LogP contribution in [0.1, 0.15) is 39.3 Å². The highest BCUT2D eigenvalue weighted by Gasteiger charge is 2.62. The van der Waals surface area contributed by atoms with Crippen LogP contribution in [0.3, 0.4) is 0 Å². The van der Waals surface area contributed by atoms with E-state index < -0.39 is 24.1 Å². The van der Waals surface area contributed by atoms with E-state index in [2.05, 4.69) is 15.2 Å². The minimum absolute atomic E-state index is 0.00219. The second kappa shape index (κ2) is 10.5. The van der Waals surface area contributed by atoms with Crippen LogP contribution in [0.5, 0.6) is 0 Å². The fourth-order valence-corrected chi connectivity index (χ4v) is 4.49. The highest BCUT2D eigenvalue weighted by Crippen LogP contribution is 2.49. The van der Waals surface area contributed by atoms with Crippen LogP contribution in [-0.4, -0.2) is 39.7 Å². The van der Waals surface area contributed by atoms with Gasteiger partial charge in [-0.1, -0.05) is 34.4 Å². The lowest BCUT2D eigenvalue weighted by molar-refractivity contribution is -0.275. The Labute approximate surface area is 229 Å². The van der Waals surface area contributed by atoms with Crippen LogP contribution < -0.4 is 4.90 Å². The van der Waals surface area contributed by atoms with Crippen molar-refractivity contribution in [1.82, 2.24) is 14.8 Å². The van der Waals surface area contributed by atoms with E-state index in [0.717, 1.165) is 16.8 Å². The highest BCUT2D eigenvalue weighted by molar-refractivity contribution is 6.34. The van der Waals surface area contributed by atoms with Crippen molar-refractivity contribution < 1.29 is 27.5 Å². The van der Waals surface area contributed by atoms with Crippen LogP contribution in [0.15, 0.2) is 41.6 Å². The molecule has 2 heterocycles. The van der Waals surface area contributed by atoms with Crippen LogP contribution in [0.4, 0.5) is 19.1 Å². The Morgan fingerprint density at radius 1 is 1.23 bits per heavy atom. The number of aryl methyl sites for hydroxylation is 1. The van der Waals surface area contributed by atoms with Crippen LogP contribution in [0.2, 0.25) is 10.0 Å². The molecule has 1 aromatic heterocycles. The number of nitriles is 2. The number of benzene rings is 2. The topological polar surface area (TPSA) is 129 Å². The van der Waals surface area contributed by atoms with Crippen molar-refractivity contribution >= 4 is 40.8 Å². The molecule has 1 amide bonds. The molecule has 200 valence electrons. The highest BCUT2D eigenvalue weighted by atomic mass is 35.5. The van der Waals surface area contributed by atoms with Gasteiger partial charge >= 0.3 is 6.18 Å². The molecule has 10 nitrogen and oxygen atoms in total. The Hall–Kier alpha value is -4.17. The third kappa shape index (κ3) is 5.12. The summed E-state index contributed by atoms with van der Waals surface area (Å²) in [5, 5.41) is 26.4. The first-order chi connectivity index (χ1) is 18.4. The third-order valence-corrected chi connectivity index (χ3v) is 6.28. The van der Waals surface area contributed by atoms with E-state index in [0.29, 0.717) is 10.5 Å². The van der Waals surface area contributed by atoms with E-state index in [1.54, 1.807) is 12.4 Å². The van der Waals surface area contributed by atoms with Crippen molar-refractivity contribution in [3.8, 4) is 12.4 Å². The number of methoxy groups -OCH3 is 1. The number of halogens is 5. The number of hydrogen-bond acceptors (Lipinski definition) is 8. The quantitative estimate of drug-likeness (QED) is 0.295. The summed E-state index contributed by atoms with van der Waals surface area (Å²) in [4.78, 5) is 22.8. The summed E-state index contributed by atoms with van der Waals surface area (Å²) in [6, 6.07) is 7.69. The van der Waals surface area contributed by atoms with Gasteiger partial charge in [0.15, 0.2) is 12.0 Å². The number of carbonyl (C=O) groups excluding carboxylic acids is 1. The zero-order valence-corrected chi connectivity index (χ0v) is 21.6. The lowest BCUT2D eigenvalue weighted by Crippen LogP contribution is -2.42. The Morgan fingerprint density at radius 2 is 1.92 bits per heavy atom. The first kappa shape index (κ1) is 27.9. The normalized spacial score (nSPS) is 16.7. The van der Waals surface area contributed by atoms with Gasteiger partial charge in [0.05, 0.1) is 5.71 Å². The molecule has 0 spiro atoms. The summed E-state index contributed by atoms with van der Waals surface area (Å²) in [5.41, 5.74) is -2.51. The lowest BCUT2D eigenvalue weighted by Gasteiger charge is -2.29. The van der Waals surface area contributed by atoms with E-state index in [1.165, 1.54) is 38.3 Å². The van der Waals surface area contributed by atoms with Gasteiger partial charge in [0, 0.05) is 34.7 Å². The van der Waals surface area contributed by atoms with Crippen LogP contribution >= 0.6 is 23.2 Å². The molecule has 15 heteroatoms. The molecule has 0 fully saturated rings. The van der Waals surface area contributed by atoms with E-state index >= 15 is 0 Å². The first-order valence-corrected chi connectivity index (χ1v) is 11.7. The van der Waals surface area contributed by atoms with Crippen molar-refractivity contribution in [2.45, 2.75) is 31.7 Å². The number of anilines is 1. The predicted molar refractivity (Wildman–Crippen MR) is 132 cm³/mol. The van der Waals surface area contributed by atoms with Crippen LogP contribution in [0.25, 0.3) is 0 Å². The van der Waals surface area contributed by atoms with Gasteiger partial charge in [0.2, 0.25) is 6.19 Å². The number of hydrogen-bond donors (Lipinski definition) is 0. The molecular weight excluding hydrogens is 562 g/mol. The third-order valence-electron chi connectivity index (χ3n) is 5.84. The largest absolute Gasteiger partial charge is 0.435 e. The number of alkyl halides is 3. The van der Waals surface area contributed by atoms with Gasteiger partial charge in [0.1, 0.15) is 6.61 Å². The number of nitrogens with zero attached hydrogens (tertiary/aromatic N) is 7. The molecule has 1 aliphatic rings. The van der Waals surface area contributed by atoms with Crippen molar-refractivity contribution in [3.63, 3.8) is 0 Å². The van der Waals surface area contributed by atoms with E-state index in [1.807, 2.05) is 0 Å². The van der Waals surface area contributed by atoms with Crippen molar-refractivity contribution in [2.75, 3.05) is 12.0 Å². The van der Waals surface area contributed by atoms with Crippen LogP contribution in [-0.2, 0) is 21.8 Å².